The molecule has 1 N–H and O–H groups in total. The summed E-state index contributed by atoms with van der Waals surface area (Å²) in [6.07, 6.45) is 2.02. The van der Waals surface area contributed by atoms with Crippen LogP contribution in [-0.2, 0) is 13.1 Å². The molecule has 0 radical (unpaired) electrons. The maximum absolute atomic E-state index is 4.93. The van der Waals surface area contributed by atoms with Crippen molar-refractivity contribution in [2.24, 2.45) is 0 Å². The zero-order valence-corrected chi connectivity index (χ0v) is 10.9. The van der Waals surface area contributed by atoms with Gasteiger partial charge < -0.3 is 14.2 Å². The van der Waals surface area contributed by atoms with E-state index in [-0.39, 0.29) is 0 Å². The molecule has 0 aliphatic rings. The fourth-order valence-corrected chi connectivity index (χ4v) is 2.08. The fraction of sp³-hybridized carbons (Fsp3) is 0.308. The molecule has 0 aliphatic heterocycles. The van der Waals surface area contributed by atoms with Crippen LogP contribution in [0.1, 0.15) is 23.1 Å². The first-order chi connectivity index (χ1) is 9.24. The Morgan fingerprint density at radius 3 is 2.89 bits per heavy atom. The smallest absolute Gasteiger partial charge is 0.223 e. The third-order valence-corrected chi connectivity index (χ3v) is 2.97. The maximum Gasteiger partial charge on any atom is 0.223 e. The predicted molar refractivity (Wildman–Crippen MR) is 69.5 cm³/mol. The molecule has 0 atom stereocenters. The number of nitrogens with one attached hydrogen (secondary N) is 1. The highest BCUT2D eigenvalue weighted by Crippen LogP contribution is 2.11. The van der Waals surface area contributed by atoms with Crippen molar-refractivity contribution in [3.05, 3.63) is 47.5 Å². The van der Waals surface area contributed by atoms with Crippen LogP contribution in [-0.4, -0.2) is 19.5 Å². The Bertz CT molecular complexity index is 700. The minimum Gasteiger partial charge on any atom is -0.340 e. The number of hydrogen-bond donors (Lipinski definition) is 1. The molecule has 0 amide bonds. The highest BCUT2D eigenvalue weighted by molar-refractivity contribution is 5.42. The second-order valence-corrected chi connectivity index (χ2v) is 4.41. The van der Waals surface area contributed by atoms with E-state index in [1.54, 1.807) is 6.92 Å². The van der Waals surface area contributed by atoms with E-state index in [2.05, 4.69) is 24.8 Å². The summed E-state index contributed by atoms with van der Waals surface area (Å²) in [4.78, 5) is 8.67. The minimum atomic E-state index is 0.580. The topological polar surface area (TPSA) is 68.2 Å². The average molecular weight is 257 g/mol. The Kier molecular flexibility index (Phi) is 3.00. The molecule has 0 spiro atoms. The van der Waals surface area contributed by atoms with Crippen molar-refractivity contribution in [1.29, 1.82) is 0 Å². The van der Waals surface area contributed by atoms with Crippen LogP contribution in [0.3, 0.4) is 0 Å². The van der Waals surface area contributed by atoms with E-state index in [1.165, 1.54) is 0 Å². The molecule has 0 fully saturated rings. The van der Waals surface area contributed by atoms with E-state index in [9.17, 15) is 0 Å². The van der Waals surface area contributed by atoms with Crippen LogP contribution in [0.5, 0.6) is 0 Å². The number of aromatic nitrogens is 4. The van der Waals surface area contributed by atoms with E-state index in [0.717, 1.165) is 17.0 Å². The van der Waals surface area contributed by atoms with Gasteiger partial charge in [-0.3, -0.25) is 0 Å². The normalized spacial score (nSPS) is 11.3. The second kappa shape index (κ2) is 4.81. The van der Waals surface area contributed by atoms with Gasteiger partial charge in [-0.25, -0.2) is 4.98 Å². The molecule has 0 aromatic carbocycles. The molecule has 98 valence electrons. The van der Waals surface area contributed by atoms with Crippen molar-refractivity contribution in [1.82, 2.24) is 24.8 Å². The minimum absolute atomic E-state index is 0.580. The first-order valence-corrected chi connectivity index (χ1v) is 6.16. The van der Waals surface area contributed by atoms with Gasteiger partial charge in [0.05, 0.1) is 17.9 Å². The van der Waals surface area contributed by atoms with Crippen LogP contribution in [0.15, 0.2) is 28.9 Å². The predicted octanol–water partition coefficient (Wildman–Crippen LogP) is 1.62. The van der Waals surface area contributed by atoms with Gasteiger partial charge in [-0.05, 0) is 19.1 Å². The quantitative estimate of drug-likeness (QED) is 0.769. The molecule has 0 unspecified atom stereocenters. The molecular formula is C13H15N5O. The van der Waals surface area contributed by atoms with Gasteiger partial charge in [0.1, 0.15) is 5.65 Å². The van der Waals surface area contributed by atoms with Gasteiger partial charge in [-0.1, -0.05) is 11.2 Å². The van der Waals surface area contributed by atoms with Crippen molar-refractivity contribution >= 4 is 5.65 Å². The van der Waals surface area contributed by atoms with Crippen molar-refractivity contribution in [3.8, 4) is 0 Å². The van der Waals surface area contributed by atoms with Gasteiger partial charge in [-0.15, -0.1) is 0 Å². The van der Waals surface area contributed by atoms with Gasteiger partial charge in [0.2, 0.25) is 5.89 Å². The summed E-state index contributed by atoms with van der Waals surface area (Å²) < 4.78 is 7.01. The van der Waals surface area contributed by atoms with Crippen molar-refractivity contribution in [3.63, 3.8) is 0 Å². The first-order valence-electron chi connectivity index (χ1n) is 6.16. The Labute approximate surface area is 110 Å². The Morgan fingerprint density at radius 2 is 2.11 bits per heavy atom. The Morgan fingerprint density at radius 1 is 1.21 bits per heavy atom. The number of pyridine rings is 1. The summed E-state index contributed by atoms with van der Waals surface area (Å²) in [5.41, 5.74) is 3.14. The molecule has 0 saturated heterocycles. The van der Waals surface area contributed by atoms with E-state index in [0.29, 0.717) is 24.8 Å². The lowest BCUT2D eigenvalue weighted by atomic mass is 10.3. The van der Waals surface area contributed by atoms with Crippen LogP contribution >= 0.6 is 0 Å². The van der Waals surface area contributed by atoms with Gasteiger partial charge in [0.15, 0.2) is 5.82 Å². The summed E-state index contributed by atoms with van der Waals surface area (Å²) in [7, 11) is 0. The van der Waals surface area contributed by atoms with Gasteiger partial charge in [0.25, 0.3) is 0 Å². The molecule has 0 saturated carbocycles. The number of imidazole rings is 1. The van der Waals surface area contributed by atoms with Crippen molar-refractivity contribution < 1.29 is 4.52 Å². The summed E-state index contributed by atoms with van der Waals surface area (Å²) in [5.74, 6) is 1.26. The lowest BCUT2D eigenvalue weighted by Crippen LogP contribution is -2.15. The van der Waals surface area contributed by atoms with Crippen molar-refractivity contribution in [2.45, 2.75) is 26.9 Å². The summed E-state index contributed by atoms with van der Waals surface area (Å²) >= 11 is 0. The molecule has 3 heterocycles. The monoisotopic (exact) mass is 257 g/mol. The van der Waals surface area contributed by atoms with Crippen LogP contribution in [0.4, 0.5) is 0 Å². The third-order valence-electron chi connectivity index (χ3n) is 2.97. The summed E-state index contributed by atoms with van der Waals surface area (Å²) in [5, 5.41) is 7.15. The number of hydrogen-bond acceptors (Lipinski definition) is 5. The molecule has 0 bridgehead atoms. The maximum atomic E-state index is 4.93. The third kappa shape index (κ3) is 2.34. The number of fused-ring (bicyclic) bond motifs is 1. The van der Waals surface area contributed by atoms with Crippen LogP contribution < -0.4 is 5.32 Å². The number of rotatable bonds is 4. The first kappa shape index (κ1) is 11.9. The number of aryl methyl sites for hydroxylation is 2. The van der Waals surface area contributed by atoms with E-state index in [1.807, 2.05) is 31.3 Å². The zero-order chi connectivity index (χ0) is 13.2. The van der Waals surface area contributed by atoms with Crippen LogP contribution in [0.25, 0.3) is 5.65 Å². The highest BCUT2D eigenvalue weighted by atomic mass is 16.5. The van der Waals surface area contributed by atoms with E-state index >= 15 is 0 Å². The van der Waals surface area contributed by atoms with E-state index < -0.39 is 0 Å². The largest absolute Gasteiger partial charge is 0.340 e. The lowest BCUT2D eigenvalue weighted by Gasteiger charge is -2.03. The zero-order valence-electron chi connectivity index (χ0n) is 10.9. The molecule has 3 rings (SSSR count). The standard InChI is InChI=1S/C13H15N5O/c1-9-11(18-6-4-3-5-13(18)15-9)7-14-8-12-16-10(2)19-17-12/h3-6,14H,7-8H2,1-2H3. The molecular weight excluding hydrogens is 242 g/mol. The van der Waals surface area contributed by atoms with Gasteiger partial charge >= 0.3 is 0 Å². The molecule has 6 nitrogen and oxygen atoms in total. The molecule has 6 heteroatoms. The second-order valence-electron chi connectivity index (χ2n) is 4.41. The van der Waals surface area contributed by atoms with Crippen LogP contribution in [0.2, 0.25) is 0 Å². The molecule has 0 aliphatic carbocycles. The number of nitrogens with zero attached hydrogens (tertiary/aromatic N) is 4. The summed E-state index contributed by atoms with van der Waals surface area (Å²) in [6, 6.07) is 5.99. The van der Waals surface area contributed by atoms with Crippen LogP contribution in [0, 0.1) is 13.8 Å². The highest BCUT2D eigenvalue weighted by Gasteiger charge is 2.08. The van der Waals surface area contributed by atoms with E-state index in [4.69, 9.17) is 4.52 Å². The average Bonchev–Trinajstić information content (AvgIpc) is 2.94. The van der Waals surface area contributed by atoms with Gasteiger partial charge in [0, 0.05) is 19.7 Å². The van der Waals surface area contributed by atoms with Crippen molar-refractivity contribution in [2.75, 3.05) is 0 Å². The molecule has 3 aromatic heterocycles. The lowest BCUT2D eigenvalue weighted by molar-refractivity contribution is 0.385. The Hall–Kier alpha value is -2.21. The SMILES string of the molecule is Cc1nc(CNCc2c(C)nc3ccccn23)no1. The summed E-state index contributed by atoms with van der Waals surface area (Å²) in [6.45, 7) is 5.09. The fourth-order valence-electron chi connectivity index (χ4n) is 2.08. The molecule has 3 aromatic rings. The Balaban J connectivity index is 1.73. The molecule has 19 heavy (non-hydrogen) atoms. The van der Waals surface area contributed by atoms with Gasteiger partial charge in [-0.2, -0.15) is 4.98 Å².